The molecule has 1 aliphatic rings. The van der Waals surface area contributed by atoms with Crippen molar-refractivity contribution in [2.45, 2.75) is 12.8 Å². The van der Waals surface area contributed by atoms with Crippen LogP contribution in [0.1, 0.15) is 12.8 Å². The highest BCUT2D eigenvalue weighted by Crippen LogP contribution is 2.25. The molecule has 1 aromatic carbocycles. The Kier molecular flexibility index (Phi) is 4.18. The van der Waals surface area contributed by atoms with Crippen LogP contribution < -0.4 is 16.0 Å². The van der Waals surface area contributed by atoms with E-state index in [0.29, 0.717) is 18.7 Å². The molecule has 0 fully saturated rings. The minimum absolute atomic E-state index is 0.302. The molecule has 0 spiro atoms. The molecule has 0 radical (unpaired) electrons. The average Bonchev–Trinajstić information content (AvgIpc) is 2.59. The monoisotopic (exact) mass is 311 g/mol. The van der Waals surface area contributed by atoms with Gasteiger partial charge in [-0.05, 0) is 25.0 Å². The van der Waals surface area contributed by atoms with Crippen molar-refractivity contribution in [1.82, 2.24) is 15.4 Å². The van der Waals surface area contributed by atoms with Gasteiger partial charge >= 0.3 is 0 Å². The first kappa shape index (κ1) is 15.0. The molecule has 1 aromatic heterocycles. The van der Waals surface area contributed by atoms with Crippen molar-refractivity contribution in [3.63, 3.8) is 0 Å². The second-order valence-corrected chi connectivity index (χ2v) is 5.33. The van der Waals surface area contributed by atoms with Crippen molar-refractivity contribution >= 4 is 28.6 Å². The van der Waals surface area contributed by atoms with Gasteiger partial charge in [-0.1, -0.05) is 24.3 Å². The number of para-hydroxylation sites is 1. The predicted octanol–water partition coefficient (Wildman–Crippen LogP) is 0.405. The minimum atomic E-state index is -1.21. The van der Waals surface area contributed by atoms with Gasteiger partial charge in [-0.15, -0.1) is 0 Å². The lowest BCUT2D eigenvalue weighted by Gasteiger charge is -2.28. The SMILES string of the molecule is O=C([O-])[C@H]1CC=CC[C@@H]1C(=O)NNc1ncnc2ccccc12. The molecule has 3 rings (SSSR count). The van der Waals surface area contributed by atoms with Crippen molar-refractivity contribution < 1.29 is 14.7 Å². The van der Waals surface area contributed by atoms with Gasteiger partial charge in [-0.3, -0.25) is 15.6 Å². The zero-order valence-electron chi connectivity index (χ0n) is 12.2. The molecule has 0 bridgehead atoms. The number of aromatic nitrogens is 2. The number of amides is 1. The summed E-state index contributed by atoms with van der Waals surface area (Å²) in [6.45, 7) is 0. The van der Waals surface area contributed by atoms with Gasteiger partial charge in [0.05, 0.1) is 11.4 Å². The van der Waals surface area contributed by atoms with E-state index < -0.39 is 23.7 Å². The molecule has 0 saturated carbocycles. The maximum atomic E-state index is 12.3. The van der Waals surface area contributed by atoms with Gasteiger partial charge in [0.2, 0.25) is 5.91 Å². The van der Waals surface area contributed by atoms with Crippen LogP contribution >= 0.6 is 0 Å². The van der Waals surface area contributed by atoms with Crippen LogP contribution in [-0.2, 0) is 9.59 Å². The number of hydrazine groups is 1. The summed E-state index contributed by atoms with van der Waals surface area (Å²) >= 11 is 0. The van der Waals surface area contributed by atoms with Crippen molar-refractivity contribution in [1.29, 1.82) is 0 Å². The summed E-state index contributed by atoms with van der Waals surface area (Å²) in [5, 5.41) is 11.9. The van der Waals surface area contributed by atoms with Crippen LogP contribution in [0.15, 0.2) is 42.7 Å². The first-order valence-electron chi connectivity index (χ1n) is 7.28. The van der Waals surface area contributed by atoms with Gasteiger partial charge in [-0.25, -0.2) is 9.97 Å². The number of carbonyl (C=O) groups excluding carboxylic acids is 2. The maximum absolute atomic E-state index is 12.3. The third kappa shape index (κ3) is 3.13. The summed E-state index contributed by atoms with van der Waals surface area (Å²) in [6, 6.07) is 7.37. The van der Waals surface area contributed by atoms with E-state index in [1.807, 2.05) is 30.3 Å². The van der Waals surface area contributed by atoms with E-state index in [9.17, 15) is 14.7 Å². The Morgan fingerprint density at radius 1 is 1.09 bits per heavy atom. The summed E-state index contributed by atoms with van der Waals surface area (Å²) < 4.78 is 0. The van der Waals surface area contributed by atoms with E-state index in [1.54, 1.807) is 6.08 Å². The van der Waals surface area contributed by atoms with Crippen LogP contribution in [0.3, 0.4) is 0 Å². The number of carboxylic acid groups (broad SMARTS) is 1. The molecule has 1 amide bonds. The van der Waals surface area contributed by atoms with E-state index in [-0.39, 0.29) is 0 Å². The molecule has 7 nitrogen and oxygen atoms in total. The third-order valence-corrected chi connectivity index (χ3v) is 3.92. The van der Waals surface area contributed by atoms with Crippen molar-refractivity contribution in [3.05, 3.63) is 42.7 Å². The predicted molar refractivity (Wildman–Crippen MR) is 81.7 cm³/mol. The van der Waals surface area contributed by atoms with Gasteiger partial charge in [-0.2, -0.15) is 0 Å². The number of rotatable bonds is 4. The smallest absolute Gasteiger partial charge is 0.242 e. The number of allylic oxidation sites excluding steroid dienone is 2. The first-order valence-corrected chi connectivity index (χ1v) is 7.28. The highest BCUT2D eigenvalue weighted by Gasteiger charge is 2.29. The van der Waals surface area contributed by atoms with Crippen LogP contribution in [0.2, 0.25) is 0 Å². The van der Waals surface area contributed by atoms with Crippen LogP contribution in [0.5, 0.6) is 0 Å². The van der Waals surface area contributed by atoms with E-state index in [2.05, 4.69) is 20.8 Å². The van der Waals surface area contributed by atoms with Crippen LogP contribution in [0.4, 0.5) is 5.82 Å². The summed E-state index contributed by atoms with van der Waals surface area (Å²) in [6.07, 6.45) is 5.64. The number of benzene rings is 1. The van der Waals surface area contributed by atoms with Crippen LogP contribution in [0, 0.1) is 11.8 Å². The van der Waals surface area contributed by atoms with Crippen LogP contribution in [0.25, 0.3) is 10.9 Å². The standard InChI is InChI=1S/C16H16N4O3/c21-15(10-5-1-2-6-11(10)16(22)23)20-19-14-12-7-3-4-8-13(12)17-9-18-14/h1-4,7-11H,5-6H2,(H,20,21)(H,22,23)(H,17,18,19)/p-1/t10-,11-/m0/s1. The molecule has 2 N–H and O–H groups in total. The lowest BCUT2D eigenvalue weighted by molar-refractivity contribution is -0.313. The molecular weight excluding hydrogens is 296 g/mol. The number of carbonyl (C=O) groups is 2. The third-order valence-electron chi connectivity index (χ3n) is 3.92. The van der Waals surface area contributed by atoms with Gasteiger partial charge in [0.25, 0.3) is 0 Å². The molecular formula is C16H15N4O3-. The Morgan fingerprint density at radius 3 is 2.61 bits per heavy atom. The van der Waals surface area contributed by atoms with E-state index in [1.165, 1.54) is 6.33 Å². The number of hydrogen-bond acceptors (Lipinski definition) is 6. The summed E-state index contributed by atoms with van der Waals surface area (Å²) in [4.78, 5) is 31.7. The van der Waals surface area contributed by atoms with Gasteiger partial charge in [0, 0.05) is 17.3 Å². The Bertz CT molecular complexity index is 770. The molecule has 1 heterocycles. The van der Waals surface area contributed by atoms with E-state index in [4.69, 9.17) is 0 Å². The zero-order chi connectivity index (χ0) is 16.2. The minimum Gasteiger partial charge on any atom is -0.550 e. The van der Waals surface area contributed by atoms with Crippen molar-refractivity contribution in [3.8, 4) is 0 Å². The van der Waals surface area contributed by atoms with Gasteiger partial charge in [0.15, 0.2) is 5.82 Å². The Labute approximate surface area is 132 Å². The fourth-order valence-corrected chi connectivity index (χ4v) is 2.68. The molecule has 1 aliphatic carbocycles. The number of hydrogen-bond donors (Lipinski definition) is 2. The number of aliphatic carboxylic acids is 1. The fourth-order valence-electron chi connectivity index (χ4n) is 2.68. The lowest BCUT2D eigenvalue weighted by atomic mass is 9.82. The topological polar surface area (TPSA) is 107 Å². The molecule has 0 unspecified atom stereocenters. The van der Waals surface area contributed by atoms with Gasteiger partial charge in [0.1, 0.15) is 6.33 Å². The van der Waals surface area contributed by atoms with E-state index in [0.717, 1.165) is 10.9 Å². The van der Waals surface area contributed by atoms with Crippen LogP contribution in [-0.4, -0.2) is 21.8 Å². The molecule has 0 saturated heterocycles. The Balaban J connectivity index is 1.73. The Morgan fingerprint density at radius 2 is 1.83 bits per heavy atom. The molecule has 118 valence electrons. The second-order valence-electron chi connectivity index (χ2n) is 5.33. The number of anilines is 1. The largest absolute Gasteiger partial charge is 0.550 e. The summed E-state index contributed by atoms with van der Waals surface area (Å²) in [7, 11) is 0. The van der Waals surface area contributed by atoms with Crippen molar-refractivity contribution in [2.75, 3.05) is 5.43 Å². The normalized spacial score (nSPS) is 20.2. The number of fused-ring (bicyclic) bond motifs is 1. The van der Waals surface area contributed by atoms with E-state index >= 15 is 0 Å². The van der Waals surface area contributed by atoms with Crippen molar-refractivity contribution in [2.24, 2.45) is 11.8 Å². The molecule has 7 heteroatoms. The lowest BCUT2D eigenvalue weighted by Crippen LogP contribution is -2.45. The van der Waals surface area contributed by atoms with Gasteiger partial charge < -0.3 is 9.90 Å². The highest BCUT2D eigenvalue weighted by atomic mass is 16.4. The first-order chi connectivity index (χ1) is 11.2. The number of nitrogens with zero attached hydrogens (tertiary/aromatic N) is 2. The summed E-state index contributed by atoms with van der Waals surface area (Å²) in [5.41, 5.74) is 6.04. The quantitative estimate of drug-likeness (QED) is 0.625. The zero-order valence-corrected chi connectivity index (χ0v) is 12.2. The molecule has 2 aromatic rings. The fraction of sp³-hybridized carbons (Fsp3) is 0.250. The maximum Gasteiger partial charge on any atom is 0.242 e. The molecule has 0 aliphatic heterocycles. The Hall–Kier alpha value is -2.96. The molecule has 23 heavy (non-hydrogen) atoms. The highest BCUT2D eigenvalue weighted by molar-refractivity contribution is 5.90. The molecule has 2 atom stereocenters. The number of carboxylic acids is 1. The average molecular weight is 311 g/mol. The summed E-state index contributed by atoms with van der Waals surface area (Å²) in [5.74, 6) is -2.62. The number of nitrogens with one attached hydrogen (secondary N) is 2. The second kappa shape index (κ2) is 6.43.